The largest absolute Gasteiger partial charge is 0.494 e. The third-order valence-electron chi connectivity index (χ3n) is 3.70. The van der Waals surface area contributed by atoms with Crippen LogP contribution in [0.4, 0.5) is 4.39 Å². The summed E-state index contributed by atoms with van der Waals surface area (Å²) < 4.78 is 23.6. The van der Waals surface area contributed by atoms with E-state index in [1.807, 2.05) is 12.1 Å². The van der Waals surface area contributed by atoms with Crippen molar-refractivity contribution in [1.29, 1.82) is 0 Å². The SMILES string of the molecule is Cc1cc(OCCCC(=O)Oc2ccc(F)cc2)ccc1C(C)C. The average Bonchev–Trinajstić information content (AvgIpc) is 2.53. The lowest BCUT2D eigenvalue weighted by Gasteiger charge is -2.12. The van der Waals surface area contributed by atoms with Crippen molar-refractivity contribution in [3.8, 4) is 11.5 Å². The maximum Gasteiger partial charge on any atom is 0.311 e. The molecule has 0 fully saturated rings. The third kappa shape index (κ3) is 5.37. The summed E-state index contributed by atoms with van der Waals surface area (Å²) in [7, 11) is 0. The van der Waals surface area contributed by atoms with Gasteiger partial charge >= 0.3 is 5.97 Å². The highest BCUT2D eigenvalue weighted by Crippen LogP contribution is 2.23. The molecule has 0 atom stereocenters. The molecule has 0 aliphatic carbocycles. The molecule has 0 radical (unpaired) electrons. The Morgan fingerprint density at radius 3 is 2.38 bits per heavy atom. The Kier molecular flexibility index (Phi) is 6.36. The van der Waals surface area contributed by atoms with Gasteiger partial charge in [-0.05, 0) is 66.8 Å². The monoisotopic (exact) mass is 330 g/mol. The van der Waals surface area contributed by atoms with Crippen LogP contribution in [0.5, 0.6) is 11.5 Å². The van der Waals surface area contributed by atoms with E-state index >= 15 is 0 Å². The van der Waals surface area contributed by atoms with E-state index in [0.29, 0.717) is 24.7 Å². The first-order valence-corrected chi connectivity index (χ1v) is 8.15. The van der Waals surface area contributed by atoms with Gasteiger partial charge in [-0.2, -0.15) is 0 Å². The number of ether oxygens (including phenoxy) is 2. The van der Waals surface area contributed by atoms with Gasteiger partial charge in [-0.15, -0.1) is 0 Å². The fourth-order valence-corrected chi connectivity index (χ4v) is 2.48. The maximum atomic E-state index is 12.8. The van der Waals surface area contributed by atoms with Gasteiger partial charge in [-0.3, -0.25) is 4.79 Å². The normalized spacial score (nSPS) is 10.7. The van der Waals surface area contributed by atoms with E-state index in [9.17, 15) is 9.18 Å². The second-order valence-electron chi connectivity index (χ2n) is 6.05. The fraction of sp³-hybridized carbons (Fsp3) is 0.350. The summed E-state index contributed by atoms with van der Waals surface area (Å²) in [6, 6.07) is 11.4. The molecule has 128 valence electrons. The Bertz CT molecular complexity index is 678. The first kappa shape index (κ1) is 18.0. The molecule has 0 amide bonds. The molecule has 0 bridgehead atoms. The minimum absolute atomic E-state index is 0.250. The summed E-state index contributed by atoms with van der Waals surface area (Å²) in [6.45, 7) is 6.84. The lowest BCUT2D eigenvalue weighted by Crippen LogP contribution is -2.10. The summed E-state index contributed by atoms with van der Waals surface area (Å²) in [5.41, 5.74) is 2.52. The van der Waals surface area contributed by atoms with E-state index in [0.717, 1.165) is 5.75 Å². The number of hydrogen-bond acceptors (Lipinski definition) is 3. The molecule has 0 heterocycles. The molecule has 0 aliphatic rings. The number of benzene rings is 2. The first-order chi connectivity index (χ1) is 11.5. The van der Waals surface area contributed by atoms with Gasteiger partial charge < -0.3 is 9.47 Å². The summed E-state index contributed by atoms with van der Waals surface area (Å²) in [4.78, 5) is 11.7. The van der Waals surface area contributed by atoms with E-state index in [4.69, 9.17) is 9.47 Å². The number of carbonyl (C=O) groups is 1. The third-order valence-corrected chi connectivity index (χ3v) is 3.70. The zero-order valence-electron chi connectivity index (χ0n) is 14.3. The van der Waals surface area contributed by atoms with Crippen LogP contribution in [0.15, 0.2) is 42.5 Å². The van der Waals surface area contributed by atoms with E-state index in [2.05, 4.69) is 26.8 Å². The van der Waals surface area contributed by atoms with Crippen molar-refractivity contribution >= 4 is 5.97 Å². The van der Waals surface area contributed by atoms with Crippen LogP contribution in [0.1, 0.15) is 43.7 Å². The van der Waals surface area contributed by atoms with E-state index in [-0.39, 0.29) is 18.2 Å². The summed E-state index contributed by atoms with van der Waals surface area (Å²) in [6.07, 6.45) is 0.811. The van der Waals surface area contributed by atoms with Crippen LogP contribution in [0.3, 0.4) is 0 Å². The standard InChI is InChI=1S/C20H23FO3/c1-14(2)19-11-10-18(13-15(19)3)23-12-4-5-20(22)24-17-8-6-16(21)7-9-17/h6-11,13-14H,4-5,12H2,1-3H3. The summed E-state index contributed by atoms with van der Waals surface area (Å²) in [5.74, 6) is 0.935. The van der Waals surface area contributed by atoms with Gasteiger partial charge in [0.2, 0.25) is 0 Å². The van der Waals surface area contributed by atoms with Crippen LogP contribution in [-0.2, 0) is 4.79 Å². The Balaban J connectivity index is 1.73. The van der Waals surface area contributed by atoms with Crippen molar-refractivity contribution in [3.05, 3.63) is 59.4 Å². The molecular formula is C20H23FO3. The Morgan fingerprint density at radius 2 is 1.75 bits per heavy atom. The molecular weight excluding hydrogens is 307 g/mol. The number of rotatable bonds is 7. The van der Waals surface area contributed by atoms with Crippen LogP contribution >= 0.6 is 0 Å². The van der Waals surface area contributed by atoms with Crippen molar-refractivity contribution in [2.24, 2.45) is 0 Å². The number of carbonyl (C=O) groups excluding carboxylic acids is 1. The lowest BCUT2D eigenvalue weighted by molar-refractivity contribution is -0.134. The molecule has 0 aromatic heterocycles. The molecule has 2 rings (SSSR count). The second-order valence-corrected chi connectivity index (χ2v) is 6.05. The van der Waals surface area contributed by atoms with Gasteiger partial charge in [0.15, 0.2) is 0 Å². The molecule has 2 aromatic rings. The molecule has 0 N–H and O–H groups in total. The van der Waals surface area contributed by atoms with Crippen LogP contribution < -0.4 is 9.47 Å². The predicted molar refractivity (Wildman–Crippen MR) is 92.0 cm³/mol. The average molecular weight is 330 g/mol. The lowest BCUT2D eigenvalue weighted by atomic mass is 9.98. The molecule has 3 nitrogen and oxygen atoms in total. The highest BCUT2D eigenvalue weighted by atomic mass is 19.1. The van der Waals surface area contributed by atoms with Crippen LogP contribution in [0, 0.1) is 12.7 Å². The maximum absolute atomic E-state index is 12.8. The molecule has 24 heavy (non-hydrogen) atoms. The van der Waals surface area contributed by atoms with Crippen molar-refractivity contribution in [3.63, 3.8) is 0 Å². The van der Waals surface area contributed by atoms with Crippen molar-refractivity contribution in [2.75, 3.05) is 6.61 Å². The number of hydrogen-bond donors (Lipinski definition) is 0. The van der Waals surface area contributed by atoms with Crippen LogP contribution in [0.2, 0.25) is 0 Å². The predicted octanol–water partition coefficient (Wildman–Crippen LogP) is 5.02. The molecule has 4 heteroatoms. The Labute approximate surface area is 142 Å². The Morgan fingerprint density at radius 1 is 1.08 bits per heavy atom. The van der Waals surface area contributed by atoms with E-state index in [1.165, 1.54) is 35.4 Å². The number of halogens is 1. The smallest absolute Gasteiger partial charge is 0.311 e. The van der Waals surface area contributed by atoms with Crippen molar-refractivity contribution in [1.82, 2.24) is 0 Å². The molecule has 0 spiro atoms. The van der Waals surface area contributed by atoms with Gasteiger partial charge in [0, 0.05) is 6.42 Å². The topological polar surface area (TPSA) is 35.5 Å². The highest BCUT2D eigenvalue weighted by Gasteiger charge is 2.07. The second kappa shape index (κ2) is 8.48. The van der Waals surface area contributed by atoms with Gasteiger partial charge in [-0.1, -0.05) is 19.9 Å². The number of aryl methyl sites for hydroxylation is 1. The van der Waals surface area contributed by atoms with Crippen molar-refractivity contribution in [2.45, 2.75) is 39.5 Å². The van der Waals surface area contributed by atoms with Gasteiger partial charge in [0.05, 0.1) is 6.61 Å². The minimum Gasteiger partial charge on any atom is -0.494 e. The van der Waals surface area contributed by atoms with E-state index < -0.39 is 0 Å². The van der Waals surface area contributed by atoms with Crippen LogP contribution in [-0.4, -0.2) is 12.6 Å². The van der Waals surface area contributed by atoms with Gasteiger partial charge in [0.1, 0.15) is 17.3 Å². The fourth-order valence-electron chi connectivity index (χ4n) is 2.48. The molecule has 0 aliphatic heterocycles. The first-order valence-electron chi connectivity index (χ1n) is 8.15. The summed E-state index contributed by atoms with van der Waals surface area (Å²) in [5, 5.41) is 0. The Hall–Kier alpha value is -2.36. The zero-order chi connectivity index (χ0) is 17.5. The van der Waals surface area contributed by atoms with E-state index in [1.54, 1.807) is 0 Å². The van der Waals surface area contributed by atoms with Gasteiger partial charge in [0.25, 0.3) is 0 Å². The van der Waals surface area contributed by atoms with Gasteiger partial charge in [-0.25, -0.2) is 4.39 Å². The van der Waals surface area contributed by atoms with Crippen LogP contribution in [0.25, 0.3) is 0 Å². The zero-order valence-corrected chi connectivity index (χ0v) is 14.3. The highest BCUT2D eigenvalue weighted by molar-refractivity contribution is 5.72. The molecule has 0 saturated carbocycles. The summed E-state index contributed by atoms with van der Waals surface area (Å²) >= 11 is 0. The molecule has 2 aromatic carbocycles. The number of esters is 1. The quantitative estimate of drug-likeness (QED) is 0.406. The molecule has 0 unspecified atom stereocenters. The molecule has 0 saturated heterocycles. The van der Waals surface area contributed by atoms with Crippen molar-refractivity contribution < 1.29 is 18.7 Å². The minimum atomic E-state index is -0.359.